The fourth-order valence-corrected chi connectivity index (χ4v) is 3.57. The Balaban J connectivity index is 4.43. The van der Waals surface area contributed by atoms with Crippen LogP contribution in [-0.4, -0.2) is 78.6 Å². The normalized spacial score (nSPS) is 13.6. The Morgan fingerprint density at radius 3 is 2.29 bits per heavy atom. The molecule has 0 aromatic carbocycles. The maximum atomic E-state index is 12.6. The molecule has 0 aliphatic heterocycles. The zero-order chi connectivity index (χ0) is 25.8. The van der Waals surface area contributed by atoms with Crippen LogP contribution >= 0.6 is 0 Å². The van der Waals surface area contributed by atoms with Crippen molar-refractivity contribution in [1.82, 2.24) is 0 Å². The van der Waals surface area contributed by atoms with Crippen LogP contribution in [0.5, 0.6) is 0 Å². The van der Waals surface area contributed by atoms with Crippen LogP contribution in [0.15, 0.2) is 12.2 Å². The summed E-state index contributed by atoms with van der Waals surface area (Å²) >= 11 is 0. The van der Waals surface area contributed by atoms with Gasteiger partial charge in [0, 0.05) is 13.3 Å². The molecule has 0 spiro atoms. The van der Waals surface area contributed by atoms with Crippen LogP contribution in [0.1, 0.15) is 90.9 Å². The molecule has 0 saturated heterocycles. The minimum Gasteiger partial charge on any atom is -0.481 e. The van der Waals surface area contributed by atoms with E-state index < -0.39 is 18.2 Å². The van der Waals surface area contributed by atoms with Crippen LogP contribution in [0, 0.1) is 0 Å². The highest BCUT2D eigenvalue weighted by atomic mass is 16.6. The molecule has 0 aliphatic carbocycles. The van der Waals surface area contributed by atoms with E-state index in [1.807, 2.05) is 20.2 Å². The first-order valence-electron chi connectivity index (χ1n) is 12.8. The molecular weight excluding hydrogens is 438 g/mol. The molecule has 8 nitrogen and oxygen atoms in total. The predicted octanol–water partition coefficient (Wildman–Crippen LogP) is 4.24. The number of likely N-dealkylation sites (N-methyl/N-ethyl adjacent to an activating group) is 1. The molecular formula is C26H48NO7+. The van der Waals surface area contributed by atoms with Crippen molar-refractivity contribution in [1.29, 1.82) is 0 Å². The van der Waals surface area contributed by atoms with Crippen LogP contribution in [0.3, 0.4) is 0 Å². The summed E-state index contributed by atoms with van der Waals surface area (Å²) in [6, 6.07) is 0. The van der Waals surface area contributed by atoms with Crippen molar-refractivity contribution in [3.63, 3.8) is 0 Å². The number of hydrogen-bond donors (Lipinski definition) is 2. The molecule has 0 fully saturated rings. The van der Waals surface area contributed by atoms with Crippen molar-refractivity contribution in [3.05, 3.63) is 12.2 Å². The van der Waals surface area contributed by atoms with Crippen molar-refractivity contribution >= 4 is 17.9 Å². The predicted molar refractivity (Wildman–Crippen MR) is 132 cm³/mol. The number of aliphatic carboxylic acids is 1. The third-order valence-electron chi connectivity index (χ3n) is 5.67. The van der Waals surface area contributed by atoms with Gasteiger partial charge in [-0.15, -0.1) is 0 Å². The Kier molecular flexibility index (Phi) is 18.3. The third kappa shape index (κ3) is 19.5. The van der Waals surface area contributed by atoms with Gasteiger partial charge in [0.05, 0.1) is 20.2 Å². The lowest BCUT2D eigenvalue weighted by Gasteiger charge is -2.30. The standard InChI is InChI=1S/C26H47NO7/c1-5-6-13-17-24(34-26(32)21-27(3,4)19-20-33-22(2)28)23(29)16-14-11-9-7-8-10-12-15-18-25(30)31/h11,14,23-24,29H,5-10,12-13,15-21H2,1-4H3/p+1. The maximum Gasteiger partial charge on any atom is 0.362 e. The number of carboxylic acids is 1. The summed E-state index contributed by atoms with van der Waals surface area (Å²) in [6.07, 6.45) is 12.7. The molecule has 0 aromatic heterocycles. The summed E-state index contributed by atoms with van der Waals surface area (Å²) in [7, 11) is 3.75. The number of unbranched alkanes of at least 4 members (excludes halogenated alkanes) is 7. The lowest BCUT2D eigenvalue weighted by molar-refractivity contribution is -0.883. The number of ether oxygens (including phenoxy) is 2. The van der Waals surface area contributed by atoms with E-state index in [-0.39, 0.29) is 31.5 Å². The summed E-state index contributed by atoms with van der Waals surface area (Å²) in [5.74, 6) is -1.44. The zero-order valence-corrected chi connectivity index (χ0v) is 21.8. The lowest BCUT2D eigenvalue weighted by atomic mass is 10.0. The van der Waals surface area contributed by atoms with E-state index in [9.17, 15) is 19.5 Å². The highest BCUT2D eigenvalue weighted by Gasteiger charge is 2.27. The average Bonchev–Trinajstić information content (AvgIpc) is 2.73. The number of nitrogens with zero attached hydrogens (tertiary/aromatic N) is 1. The van der Waals surface area contributed by atoms with Gasteiger partial charge in [0.25, 0.3) is 0 Å². The number of quaternary nitrogens is 1. The first-order valence-corrected chi connectivity index (χ1v) is 12.8. The smallest absolute Gasteiger partial charge is 0.362 e. The second-order valence-electron chi connectivity index (χ2n) is 9.66. The molecule has 8 heteroatoms. The molecule has 2 N–H and O–H groups in total. The largest absolute Gasteiger partial charge is 0.481 e. The fraction of sp³-hybridized carbons (Fsp3) is 0.808. The highest BCUT2D eigenvalue weighted by Crippen LogP contribution is 2.15. The molecule has 0 rings (SSSR count). The molecule has 0 aliphatic rings. The van der Waals surface area contributed by atoms with E-state index in [0.29, 0.717) is 23.9 Å². The van der Waals surface area contributed by atoms with Gasteiger partial charge in [-0.2, -0.15) is 0 Å². The Labute approximate surface area is 205 Å². The van der Waals surface area contributed by atoms with Gasteiger partial charge in [0.1, 0.15) is 19.3 Å². The number of carboxylic acid groups (broad SMARTS) is 1. The van der Waals surface area contributed by atoms with Crippen LogP contribution in [0.2, 0.25) is 0 Å². The van der Waals surface area contributed by atoms with E-state index in [2.05, 4.69) is 13.0 Å². The molecule has 0 amide bonds. The summed E-state index contributed by atoms with van der Waals surface area (Å²) in [5.41, 5.74) is 0. The topological polar surface area (TPSA) is 110 Å². The van der Waals surface area contributed by atoms with Crippen LogP contribution < -0.4 is 0 Å². The van der Waals surface area contributed by atoms with Crippen molar-refractivity contribution in [2.24, 2.45) is 0 Å². The molecule has 0 heterocycles. The number of allylic oxidation sites excluding steroid dienone is 1. The Hall–Kier alpha value is -1.93. The van der Waals surface area contributed by atoms with Gasteiger partial charge in [0.2, 0.25) is 0 Å². The molecule has 0 aromatic rings. The molecule has 0 bridgehead atoms. The first kappa shape index (κ1) is 32.1. The van der Waals surface area contributed by atoms with Gasteiger partial charge < -0.3 is 24.2 Å². The van der Waals surface area contributed by atoms with Gasteiger partial charge in [-0.3, -0.25) is 9.59 Å². The van der Waals surface area contributed by atoms with Crippen LogP contribution in [-0.2, 0) is 23.9 Å². The Bertz CT molecular complexity index is 604. The number of hydrogen-bond acceptors (Lipinski definition) is 6. The number of rotatable bonds is 21. The second kappa shape index (κ2) is 19.4. The number of aliphatic hydroxyl groups is 1. The quantitative estimate of drug-likeness (QED) is 0.108. The van der Waals surface area contributed by atoms with Crippen molar-refractivity contribution in [3.8, 4) is 0 Å². The van der Waals surface area contributed by atoms with E-state index in [0.717, 1.165) is 57.8 Å². The molecule has 2 atom stereocenters. The number of esters is 2. The van der Waals surface area contributed by atoms with E-state index in [4.69, 9.17) is 14.6 Å². The molecule has 2 unspecified atom stereocenters. The van der Waals surface area contributed by atoms with Crippen molar-refractivity contribution < 1.29 is 38.6 Å². The Morgan fingerprint density at radius 1 is 0.971 bits per heavy atom. The number of aliphatic hydroxyl groups excluding tert-OH is 1. The molecule has 198 valence electrons. The Morgan fingerprint density at radius 2 is 1.65 bits per heavy atom. The van der Waals surface area contributed by atoms with Crippen LogP contribution in [0.4, 0.5) is 0 Å². The maximum absolute atomic E-state index is 12.6. The van der Waals surface area contributed by atoms with Gasteiger partial charge >= 0.3 is 17.9 Å². The minimum atomic E-state index is -0.746. The lowest BCUT2D eigenvalue weighted by Crippen LogP contribution is -2.47. The van der Waals surface area contributed by atoms with Gasteiger partial charge in [-0.1, -0.05) is 51.2 Å². The summed E-state index contributed by atoms with van der Waals surface area (Å²) in [6.45, 7) is 4.34. The monoisotopic (exact) mass is 486 g/mol. The first-order chi connectivity index (χ1) is 16.1. The van der Waals surface area contributed by atoms with Gasteiger partial charge in [-0.05, 0) is 38.5 Å². The molecule has 0 radical (unpaired) electrons. The van der Waals surface area contributed by atoms with Crippen LogP contribution in [0.25, 0.3) is 0 Å². The van der Waals surface area contributed by atoms with Crippen molar-refractivity contribution in [2.45, 2.75) is 103 Å². The SMILES string of the molecule is CCCCCC(OC(=O)C[N+](C)(C)CCOC(C)=O)C(O)CC=CCCCCCCCC(=O)O. The average molecular weight is 487 g/mol. The zero-order valence-electron chi connectivity index (χ0n) is 21.8. The molecule has 0 saturated carbocycles. The van der Waals surface area contributed by atoms with Gasteiger partial charge in [0.15, 0.2) is 6.54 Å². The second-order valence-corrected chi connectivity index (χ2v) is 9.66. The van der Waals surface area contributed by atoms with E-state index in [1.54, 1.807) is 0 Å². The van der Waals surface area contributed by atoms with Gasteiger partial charge in [-0.25, -0.2) is 4.79 Å². The summed E-state index contributed by atoms with van der Waals surface area (Å²) in [4.78, 5) is 34.0. The summed E-state index contributed by atoms with van der Waals surface area (Å²) in [5, 5.41) is 19.3. The van der Waals surface area contributed by atoms with E-state index in [1.165, 1.54) is 6.92 Å². The van der Waals surface area contributed by atoms with Crippen molar-refractivity contribution in [2.75, 3.05) is 33.8 Å². The highest BCUT2D eigenvalue weighted by molar-refractivity contribution is 5.70. The van der Waals surface area contributed by atoms with E-state index >= 15 is 0 Å². The minimum absolute atomic E-state index is 0.139. The number of carbonyl (C=O) groups excluding carboxylic acids is 2. The molecule has 34 heavy (non-hydrogen) atoms. The summed E-state index contributed by atoms with van der Waals surface area (Å²) < 4.78 is 11.0. The third-order valence-corrected chi connectivity index (χ3v) is 5.67. The number of carbonyl (C=O) groups is 3. The fourth-order valence-electron chi connectivity index (χ4n) is 3.57.